The number of halogens is 3. The number of nitrogens with zero attached hydrogens (tertiary/aromatic N) is 1. The molecule has 7 heteroatoms. The average molecular weight is 335 g/mol. The highest BCUT2D eigenvalue weighted by Crippen LogP contribution is 2.19. The third kappa shape index (κ3) is 4.81. The molecule has 124 valence electrons. The first-order valence-electron chi connectivity index (χ1n) is 7.19. The first-order chi connectivity index (χ1) is 10.1. The number of benzene rings is 1. The molecule has 1 unspecified atom stereocenters. The molecule has 4 nitrogen and oxygen atoms in total. The van der Waals surface area contributed by atoms with Crippen molar-refractivity contribution in [3.05, 3.63) is 29.8 Å². The van der Waals surface area contributed by atoms with E-state index in [1.165, 1.54) is 6.07 Å². The van der Waals surface area contributed by atoms with Gasteiger partial charge >= 0.3 is 0 Å². The highest BCUT2D eigenvalue weighted by molar-refractivity contribution is 5.85. The molecular formula is C15H21ClF2N2O2. The second-order valence-corrected chi connectivity index (χ2v) is 5.15. The third-order valence-corrected chi connectivity index (χ3v) is 3.66. The van der Waals surface area contributed by atoms with Gasteiger partial charge in [0.15, 0.2) is 11.6 Å². The van der Waals surface area contributed by atoms with Crippen LogP contribution < -0.4 is 10.5 Å². The summed E-state index contributed by atoms with van der Waals surface area (Å²) in [6, 6.07) is 3.31. The summed E-state index contributed by atoms with van der Waals surface area (Å²) in [6.45, 7) is 1.46. The Labute approximate surface area is 135 Å². The van der Waals surface area contributed by atoms with Crippen LogP contribution in [0.1, 0.15) is 25.7 Å². The molecule has 1 atom stereocenters. The molecule has 1 aromatic carbocycles. The molecule has 0 bridgehead atoms. The fourth-order valence-corrected chi connectivity index (χ4v) is 2.55. The van der Waals surface area contributed by atoms with Gasteiger partial charge in [0.25, 0.3) is 0 Å². The smallest absolute Gasteiger partial charge is 0.222 e. The van der Waals surface area contributed by atoms with Gasteiger partial charge in [0.2, 0.25) is 5.91 Å². The van der Waals surface area contributed by atoms with Crippen molar-refractivity contribution >= 4 is 18.3 Å². The minimum Gasteiger partial charge on any atom is -0.491 e. The zero-order valence-electron chi connectivity index (χ0n) is 12.3. The van der Waals surface area contributed by atoms with Gasteiger partial charge in [-0.3, -0.25) is 4.79 Å². The molecule has 0 aromatic heterocycles. The fourth-order valence-electron chi connectivity index (χ4n) is 2.55. The van der Waals surface area contributed by atoms with Gasteiger partial charge in [-0.1, -0.05) is 0 Å². The van der Waals surface area contributed by atoms with Crippen LogP contribution in [0.2, 0.25) is 0 Å². The van der Waals surface area contributed by atoms with Gasteiger partial charge in [0.05, 0.1) is 6.61 Å². The first-order valence-corrected chi connectivity index (χ1v) is 7.19. The summed E-state index contributed by atoms with van der Waals surface area (Å²) < 4.78 is 31.3. The first kappa shape index (κ1) is 18.6. The topological polar surface area (TPSA) is 55.6 Å². The predicted molar refractivity (Wildman–Crippen MR) is 82.1 cm³/mol. The monoisotopic (exact) mass is 334 g/mol. The summed E-state index contributed by atoms with van der Waals surface area (Å²) in [5, 5.41) is 0. The molecule has 1 fully saturated rings. The van der Waals surface area contributed by atoms with E-state index in [1.54, 1.807) is 0 Å². The normalized spacial score (nSPS) is 17.2. The molecule has 0 radical (unpaired) electrons. The van der Waals surface area contributed by atoms with Crippen LogP contribution >= 0.6 is 12.4 Å². The van der Waals surface area contributed by atoms with E-state index >= 15 is 0 Å². The van der Waals surface area contributed by atoms with Crippen LogP contribution in [0, 0.1) is 11.6 Å². The average Bonchev–Trinajstić information content (AvgIpc) is 2.93. The van der Waals surface area contributed by atoms with Crippen LogP contribution in [-0.2, 0) is 4.79 Å². The zero-order chi connectivity index (χ0) is 15.2. The highest BCUT2D eigenvalue weighted by Gasteiger charge is 2.26. The second-order valence-electron chi connectivity index (χ2n) is 5.15. The molecule has 1 aliphatic rings. The standard InChI is InChI=1S/C15H20F2N2O2.ClH/c16-11-5-6-14(13(17)9-11)21-8-2-4-15(20)19-7-1-3-12(19)10-18;/h5-6,9,12H,1-4,7-8,10,18H2;1H. The molecule has 1 aliphatic heterocycles. The van der Waals surface area contributed by atoms with Crippen molar-refractivity contribution in [2.75, 3.05) is 19.7 Å². The van der Waals surface area contributed by atoms with E-state index in [0.29, 0.717) is 19.4 Å². The lowest BCUT2D eigenvalue weighted by Gasteiger charge is -2.23. The van der Waals surface area contributed by atoms with Crippen molar-refractivity contribution in [2.24, 2.45) is 5.73 Å². The molecule has 2 N–H and O–H groups in total. The molecule has 2 rings (SSSR count). The fraction of sp³-hybridized carbons (Fsp3) is 0.533. The summed E-state index contributed by atoms with van der Waals surface area (Å²) in [7, 11) is 0. The number of hydrogen-bond acceptors (Lipinski definition) is 3. The number of ether oxygens (including phenoxy) is 1. The maximum Gasteiger partial charge on any atom is 0.222 e. The lowest BCUT2D eigenvalue weighted by atomic mass is 10.2. The minimum atomic E-state index is -0.732. The number of carbonyl (C=O) groups excluding carboxylic acids is 1. The second kappa shape index (κ2) is 8.90. The van der Waals surface area contributed by atoms with Crippen LogP contribution in [0.15, 0.2) is 18.2 Å². The Bertz CT molecular complexity index is 502. The van der Waals surface area contributed by atoms with Crippen molar-refractivity contribution in [1.82, 2.24) is 4.90 Å². The van der Waals surface area contributed by atoms with Gasteiger partial charge in [-0.25, -0.2) is 8.78 Å². The summed E-state index contributed by atoms with van der Waals surface area (Å²) in [5.74, 6) is -1.31. The zero-order valence-corrected chi connectivity index (χ0v) is 13.1. The maximum atomic E-state index is 13.3. The molecule has 1 saturated heterocycles. The van der Waals surface area contributed by atoms with Gasteiger partial charge in [-0.2, -0.15) is 0 Å². The number of rotatable bonds is 6. The van der Waals surface area contributed by atoms with Crippen LogP contribution in [0.3, 0.4) is 0 Å². The molecule has 1 heterocycles. The Balaban J connectivity index is 0.00000242. The van der Waals surface area contributed by atoms with Gasteiger partial charge in [0, 0.05) is 31.6 Å². The number of likely N-dealkylation sites (tertiary alicyclic amines) is 1. The van der Waals surface area contributed by atoms with Crippen molar-refractivity contribution in [3.8, 4) is 5.75 Å². The number of hydrogen-bond donors (Lipinski definition) is 1. The van der Waals surface area contributed by atoms with Crippen molar-refractivity contribution in [1.29, 1.82) is 0 Å². The molecule has 0 spiro atoms. The van der Waals surface area contributed by atoms with Crippen molar-refractivity contribution in [2.45, 2.75) is 31.7 Å². The van der Waals surface area contributed by atoms with Crippen LogP contribution in [0.4, 0.5) is 8.78 Å². The number of nitrogens with two attached hydrogens (primary N) is 1. The van der Waals surface area contributed by atoms with Gasteiger partial charge in [-0.15, -0.1) is 12.4 Å². The van der Waals surface area contributed by atoms with Gasteiger partial charge in [-0.05, 0) is 31.4 Å². The molecule has 1 amide bonds. The van der Waals surface area contributed by atoms with Gasteiger partial charge in [0.1, 0.15) is 5.82 Å². The summed E-state index contributed by atoms with van der Waals surface area (Å²) in [4.78, 5) is 13.8. The van der Waals surface area contributed by atoms with E-state index in [-0.39, 0.29) is 36.7 Å². The van der Waals surface area contributed by atoms with Crippen LogP contribution in [0.25, 0.3) is 0 Å². The largest absolute Gasteiger partial charge is 0.491 e. The van der Waals surface area contributed by atoms with E-state index < -0.39 is 11.6 Å². The number of amides is 1. The molecular weight excluding hydrogens is 314 g/mol. The Morgan fingerprint density at radius 3 is 2.86 bits per heavy atom. The number of carbonyl (C=O) groups is 1. The van der Waals surface area contributed by atoms with Crippen LogP contribution in [0.5, 0.6) is 5.75 Å². The maximum absolute atomic E-state index is 13.3. The Kier molecular flexibility index (Phi) is 7.55. The molecule has 1 aromatic rings. The van der Waals surface area contributed by atoms with Crippen molar-refractivity contribution < 1.29 is 18.3 Å². The lowest BCUT2D eigenvalue weighted by Crippen LogP contribution is -2.39. The summed E-state index contributed by atoms with van der Waals surface area (Å²) in [5.41, 5.74) is 5.63. The summed E-state index contributed by atoms with van der Waals surface area (Å²) >= 11 is 0. The SMILES string of the molecule is Cl.NCC1CCCN1C(=O)CCCOc1ccc(F)cc1F. The quantitative estimate of drug-likeness (QED) is 0.813. The molecule has 0 saturated carbocycles. The van der Waals surface area contributed by atoms with Crippen molar-refractivity contribution in [3.63, 3.8) is 0 Å². The predicted octanol–water partition coefficient (Wildman–Crippen LogP) is 2.50. The highest BCUT2D eigenvalue weighted by atomic mass is 35.5. The van der Waals surface area contributed by atoms with E-state index in [0.717, 1.165) is 31.5 Å². The van der Waals surface area contributed by atoms with E-state index in [2.05, 4.69) is 0 Å². The Hall–Kier alpha value is -1.40. The summed E-state index contributed by atoms with van der Waals surface area (Å²) in [6.07, 6.45) is 2.78. The van der Waals surface area contributed by atoms with E-state index in [1.807, 2.05) is 4.90 Å². The Morgan fingerprint density at radius 2 is 2.18 bits per heavy atom. The van der Waals surface area contributed by atoms with Crippen LogP contribution in [-0.4, -0.2) is 36.5 Å². The lowest BCUT2D eigenvalue weighted by molar-refractivity contribution is -0.132. The Morgan fingerprint density at radius 1 is 1.41 bits per heavy atom. The third-order valence-electron chi connectivity index (χ3n) is 3.66. The van der Waals surface area contributed by atoms with E-state index in [9.17, 15) is 13.6 Å². The van der Waals surface area contributed by atoms with E-state index in [4.69, 9.17) is 10.5 Å². The molecule has 0 aliphatic carbocycles. The molecule has 22 heavy (non-hydrogen) atoms. The minimum absolute atomic E-state index is 0. The van der Waals surface area contributed by atoms with Gasteiger partial charge < -0.3 is 15.4 Å².